The summed E-state index contributed by atoms with van der Waals surface area (Å²) in [6.07, 6.45) is 4.17. The van der Waals surface area contributed by atoms with E-state index in [1.807, 2.05) is 10.7 Å². The van der Waals surface area contributed by atoms with Gasteiger partial charge in [-0.1, -0.05) is 11.6 Å². The van der Waals surface area contributed by atoms with Crippen LogP contribution in [0.1, 0.15) is 35.5 Å². The van der Waals surface area contributed by atoms with E-state index in [0.29, 0.717) is 35.5 Å². The fourth-order valence-electron chi connectivity index (χ4n) is 2.95. The predicted molar refractivity (Wildman–Crippen MR) is 91.0 cm³/mol. The first-order valence-electron chi connectivity index (χ1n) is 7.92. The molecule has 1 aliphatic rings. The molecule has 3 rings (SSSR count). The van der Waals surface area contributed by atoms with Crippen molar-refractivity contribution in [3.8, 4) is 0 Å². The van der Waals surface area contributed by atoms with Crippen LogP contribution in [0.25, 0.3) is 0 Å². The van der Waals surface area contributed by atoms with E-state index >= 15 is 0 Å². The van der Waals surface area contributed by atoms with Crippen LogP contribution in [0.15, 0.2) is 24.5 Å². The molecule has 0 aromatic carbocycles. The van der Waals surface area contributed by atoms with E-state index in [1.54, 1.807) is 6.20 Å². The van der Waals surface area contributed by atoms with Gasteiger partial charge in [0.1, 0.15) is 11.9 Å². The van der Waals surface area contributed by atoms with Crippen molar-refractivity contribution in [2.24, 2.45) is 11.7 Å². The Balaban J connectivity index is 1.69. The van der Waals surface area contributed by atoms with Gasteiger partial charge < -0.3 is 15.8 Å². The number of nitrogens with one attached hydrogen (secondary N) is 1. The Bertz CT molecular complexity index is 733. The molecule has 1 saturated heterocycles. The molecule has 2 aromatic rings. The maximum absolute atomic E-state index is 11.1. The Morgan fingerprint density at radius 1 is 1.58 bits per heavy atom. The Kier molecular flexibility index (Phi) is 5.01. The molecule has 8 heteroatoms. The largest absolute Gasteiger partial charge is 0.372 e. The molecule has 0 bridgehead atoms. The van der Waals surface area contributed by atoms with Gasteiger partial charge in [0, 0.05) is 38.0 Å². The van der Waals surface area contributed by atoms with E-state index in [0.717, 1.165) is 18.7 Å². The molecular weight excluding hydrogens is 330 g/mol. The second kappa shape index (κ2) is 7.19. The Labute approximate surface area is 145 Å². The van der Waals surface area contributed by atoms with Crippen molar-refractivity contribution >= 4 is 23.3 Å². The SMILES string of the molecule is CCn1nccc1[C@@H]1OCC[C@H]1CNc1ncc(C(N)=O)cc1Cl. The van der Waals surface area contributed by atoms with E-state index < -0.39 is 5.91 Å². The fraction of sp³-hybridized carbons (Fsp3) is 0.438. The maximum atomic E-state index is 11.1. The van der Waals surface area contributed by atoms with Crippen molar-refractivity contribution in [3.05, 3.63) is 40.8 Å². The number of pyridine rings is 1. The zero-order valence-corrected chi connectivity index (χ0v) is 14.2. The quantitative estimate of drug-likeness (QED) is 0.833. The van der Waals surface area contributed by atoms with Gasteiger partial charge >= 0.3 is 0 Å². The van der Waals surface area contributed by atoms with Gasteiger partial charge in [0.05, 0.1) is 16.3 Å². The summed E-state index contributed by atoms with van der Waals surface area (Å²) in [6.45, 7) is 4.25. The molecule has 0 spiro atoms. The molecule has 0 radical (unpaired) electrons. The normalized spacial score (nSPS) is 20.2. The molecule has 1 fully saturated rings. The third-order valence-corrected chi connectivity index (χ3v) is 4.50. The van der Waals surface area contributed by atoms with Crippen molar-refractivity contribution in [2.45, 2.75) is 26.0 Å². The first-order chi connectivity index (χ1) is 11.6. The number of hydrogen-bond donors (Lipinski definition) is 2. The number of anilines is 1. The first-order valence-corrected chi connectivity index (χ1v) is 8.30. The second-order valence-electron chi connectivity index (χ2n) is 5.71. The van der Waals surface area contributed by atoms with E-state index in [-0.39, 0.29) is 6.10 Å². The summed E-state index contributed by atoms with van der Waals surface area (Å²) in [5.74, 6) is 0.282. The zero-order valence-electron chi connectivity index (χ0n) is 13.4. The summed E-state index contributed by atoms with van der Waals surface area (Å²) >= 11 is 6.16. The molecule has 2 aromatic heterocycles. The van der Waals surface area contributed by atoms with Crippen LogP contribution in [0.3, 0.4) is 0 Å². The summed E-state index contributed by atoms with van der Waals surface area (Å²) in [7, 11) is 0. The fourth-order valence-corrected chi connectivity index (χ4v) is 3.18. The van der Waals surface area contributed by atoms with Crippen LogP contribution >= 0.6 is 11.6 Å². The maximum Gasteiger partial charge on any atom is 0.250 e. The number of halogens is 1. The highest BCUT2D eigenvalue weighted by Gasteiger charge is 2.31. The lowest BCUT2D eigenvalue weighted by molar-refractivity contribution is 0.0858. The van der Waals surface area contributed by atoms with E-state index in [9.17, 15) is 4.79 Å². The van der Waals surface area contributed by atoms with Crippen LogP contribution in [0.5, 0.6) is 0 Å². The molecule has 3 N–H and O–H groups in total. The van der Waals surface area contributed by atoms with Gasteiger partial charge in [0.15, 0.2) is 0 Å². The molecule has 128 valence electrons. The minimum absolute atomic E-state index is 0.00335. The first kappa shape index (κ1) is 16.7. The average molecular weight is 350 g/mol. The summed E-state index contributed by atoms with van der Waals surface area (Å²) in [4.78, 5) is 15.3. The van der Waals surface area contributed by atoms with Gasteiger partial charge in [-0.05, 0) is 25.5 Å². The summed E-state index contributed by atoms with van der Waals surface area (Å²) < 4.78 is 7.86. The summed E-state index contributed by atoms with van der Waals surface area (Å²) in [5.41, 5.74) is 6.60. The molecule has 24 heavy (non-hydrogen) atoms. The number of amides is 1. The molecule has 3 heterocycles. The second-order valence-corrected chi connectivity index (χ2v) is 6.12. The number of hydrogen-bond acceptors (Lipinski definition) is 5. The lowest BCUT2D eigenvalue weighted by Crippen LogP contribution is -2.21. The number of carbonyl (C=O) groups is 1. The standard InChI is InChI=1S/C16H20ClN5O2/c1-2-22-13(3-5-21-22)14-10(4-6-24-14)8-19-16-12(17)7-11(9-20-16)15(18)23/h3,5,7,9-10,14H,2,4,6,8H2,1H3,(H2,18,23)(H,19,20)/t10-,14+/m0/s1. The predicted octanol–water partition coefficient (Wildman–Crippen LogP) is 2.24. The van der Waals surface area contributed by atoms with Crippen LogP contribution in [0.4, 0.5) is 5.82 Å². The van der Waals surface area contributed by atoms with Gasteiger partial charge in [-0.2, -0.15) is 5.10 Å². The highest BCUT2D eigenvalue weighted by Crippen LogP contribution is 2.34. The van der Waals surface area contributed by atoms with E-state index in [4.69, 9.17) is 22.1 Å². The number of primary amides is 1. The smallest absolute Gasteiger partial charge is 0.250 e. The molecule has 0 saturated carbocycles. The van der Waals surface area contributed by atoms with Crippen LogP contribution in [-0.2, 0) is 11.3 Å². The van der Waals surface area contributed by atoms with E-state index in [2.05, 4.69) is 22.3 Å². The van der Waals surface area contributed by atoms with Crippen molar-refractivity contribution in [1.82, 2.24) is 14.8 Å². The minimum Gasteiger partial charge on any atom is -0.372 e. The van der Waals surface area contributed by atoms with Gasteiger partial charge in [-0.15, -0.1) is 0 Å². The van der Waals surface area contributed by atoms with Crippen molar-refractivity contribution < 1.29 is 9.53 Å². The van der Waals surface area contributed by atoms with Crippen LogP contribution < -0.4 is 11.1 Å². The number of rotatable bonds is 6. The van der Waals surface area contributed by atoms with Crippen molar-refractivity contribution in [2.75, 3.05) is 18.5 Å². The number of ether oxygens (including phenoxy) is 1. The summed E-state index contributed by atoms with van der Waals surface area (Å²) in [6, 6.07) is 3.52. The molecule has 1 amide bonds. The molecule has 0 aliphatic carbocycles. The number of nitrogens with two attached hydrogens (primary N) is 1. The average Bonchev–Trinajstić information content (AvgIpc) is 3.21. The third kappa shape index (κ3) is 3.37. The number of nitrogens with zero attached hydrogens (tertiary/aromatic N) is 3. The molecule has 7 nitrogen and oxygen atoms in total. The lowest BCUT2D eigenvalue weighted by Gasteiger charge is -2.20. The number of aryl methyl sites for hydroxylation is 1. The molecule has 0 unspecified atom stereocenters. The third-order valence-electron chi connectivity index (χ3n) is 4.21. The summed E-state index contributed by atoms with van der Waals surface area (Å²) in [5, 5.41) is 7.93. The van der Waals surface area contributed by atoms with E-state index in [1.165, 1.54) is 12.3 Å². The van der Waals surface area contributed by atoms with Gasteiger partial charge in [0.2, 0.25) is 5.91 Å². The Morgan fingerprint density at radius 3 is 3.12 bits per heavy atom. The van der Waals surface area contributed by atoms with Crippen LogP contribution in [-0.4, -0.2) is 33.8 Å². The van der Waals surface area contributed by atoms with Gasteiger partial charge in [-0.3, -0.25) is 9.48 Å². The Hall–Kier alpha value is -2.12. The number of carbonyl (C=O) groups excluding carboxylic acids is 1. The van der Waals surface area contributed by atoms with Crippen molar-refractivity contribution in [3.63, 3.8) is 0 Å². The molecule has 2 atom stereocenters. The minimum atomic E-state index is -0.548. The van der Waals surface area contributed by atoms with Crippen LogP contribution in [0.2, 0.25) is 5.02 Å². The highest BCUT2D eigenvalue weighted by molar-refractivity contribution is 6.33. The lowest BCUT2D eigenvalue weighted by atomic mass is 9.99. The number of aromatic nitrogens is 3. The van der Waals surface area contributed by atoms with Crippen molar-refractivity contribution in [1.29, 1.82) is 0 Å². The van der Waals surface area contributed by atoms with Gasteiger partial charge in [0.25, 0.3) is 0 Å². The zero-order chi connectivity index (χ0) is 17.1. The topological polar surface area (TPSA) is 95.1 Å². The highest BCUT2D eigenvalue weighted by atomic mass is 35.5. The molecular formula is C16H20ClN5O2. The molecule has 1 aliphatic heterocycles. The Morgan fingerprint density at radius 2 is 2.42 bits per heavy atom. The van der Waals surface area contributed by atoms with Crippen LogP contribution in [0, 0.1) is 5.92 Å². The van der Waals surface area contributed by atoms with Gasteiger partial charge in [-0.25, -0.2) is 4.98 Å². The monoisotopic (exact) mass is 349 g/mol.